The zero-order valence-electron chi connectivity index (χ0n) is 16.8. The minimum absolute atomic E-state index is 0.161. The van der Waals surface area contributed by atoms with Gasteiger partial charge in [-0.3, -0.25) is 14.4 Å². The van der Waals surface area contributed by atoms with Crippen LogP contribution in [0.5, 0.6) is 0 Å². The molecule has 1 spiro atoms. The Morgan fingerprint density at radius 3 is 2.43 bits per heavy atom. The summed E-state index contributed by atoms with van der Waals surface area (Å²) in [5, 5.41) is 22.3. The Labute approximate surface area is 164 Å². The molecule has 0 saturated heterocycles. The molecule has 0 aromatic carbocycles. The lowest BCUT2D eigenvalue weighted by atomic mass is 9.40. The highest BCUT2D eigenvalue weighted by atomic mass is 16.5. The van der Waals surface area contributed by atoms with Gasteiger partial charge in [-0.25, -0.2) is 0 Å². The van der Waals surface area contributed by atoms with Gasteiger partial charge in [0.2, 0.25) is 0 Å². The van der Waals surface area contributed by atoms with Gasteiger partial charge in [-0.1, -0.05) is 27.4 Å². The summed E-state index contributed by atoms with van der Waals surface area (Å²) in [6.07, 6.45) is 0.625. The van der Waals surface area contributed by atoms with Crippen molar-refractivity contribution in [1.82, 2.24) is 0 Å². The third-order valence-corrected chi connectivity index (χ3v) is 8.36. The molecule has 2 N–H and O–H groups in total. The molecule has 4 aliphatic carbocycles. The molecule has 152 valence electrons. The van der Waals surface area contributed by atoms with E-state index in [1.54, 1.807) is 0 Å². The summed E-state index contributed by atoms with van der Waals surface area (Å²) < 4.78 is 5.52. The van der Waals surface area contributed by atoms with E-state index in [4.69, 9.17) is 4.74 Å². The highest BCUT2D eigenvalue weighted by Gasteiger charge is 2.75. The number of hydrogen-bond acceptors (Lipinski definition) is 6. The molecule has 0 aromatic heterocycles. The molecule has 3 saturated carbocycles. The summed E-state index contributed by atoms with van der Waals surface area (Å²) in [6.45, 7) is 10.8. The van der Waals surface area contributed by atoms with E-state index in [1.165, 1.54) is 13.0 Å². The first-order valence-corrected chi connectivity index (χ1v) is 9.95. The zero-order valence-corrected chi connectivity index (χ0v) is 16.8. The number of Topliss-reactive ketones (excluding diaryl/α,β-unsaturated/α-hetero) is 1. The van der Waals surface area contributed by atoms with Gasteiger partial charge in [-0.05, 0) is 36.7 Å². The monoisotopic (exact) mass is 388 g/mol. The zero-order chi connectivity index (χ0) is 20.8. The van der Waals surface area contributed by atoms with E-state index in [-0.39, 0.29) is 35.6 Å². The van der Waals surface area contributed by atoms with Crippen molar-refractivity contribution >= 4 is 17.5 Å². The van der Waals surface area contributed by atoms with Crippen LogP contribution in [0.2, 0.25) is 0 Å². The van der Waals surface area contributed by atoms with E-state index >= 15 is 0 Å². The Hall–Kier alpha value is -1.79. The van der Waals surface area contributed by atoms with Crippen molar-refractivity contribution in [3.05, 3.63) is 24.0 Å². The van der Waals surface area contributed by atoms with Gasteiger partial charge < -0.3 is 14.9 Å². The van der Waals surface area contributed by atoms with Gasteiger partial charge in [0.15, 0.2) is 11.6 Å². The predicted octanol–water partition coefficient (Wildman–Crippen LogP) is 1.94. The molecule has 0 heterocycles. The average Bonchev–Trinajstić information content (AvgIpc) is 2.71. The topological polar surface area (TPSA) is 101 Å². The Morgan fingerprint density at radius 1 is 1.18 bits per heavy atom. The first-order chi connectivity index (χ1) is 12.9. The van der Waals surface area contributed by atoms with Gasteiger partial charge in [-0.2, -0.15) is 0 Å². The number of carbonyl (C=O) groups excluding carboxylic acids is 3. The van der Waals surface area contributed by atoms with E-state index < -0.39 is 40.3 Å². The van der Waals surface area contributed by atoms with Crippen LogP contribution in [0.1, 0.15) is 47.0 Å². The molecular weight excluding hydrogens is 360 g/mol. The van der Waals surface area contributed by atoms with Crippen LogP contribution in [0.25, 0.3) is 0 Å². The van der Waals surface area contributed by atoms with Gasteiger partial charge >= 0.3 is 5.97 Å². The molecule has 7 atom stereocenters. The van der Waals surface area contributed by atoms with Crippen LogP contribution in [0.15, 0.2) is 24.0 Å². The Morgan fingerprint density at radius 2 is 1.82 bits per heavy atom. The predicted molar refractivity (Wildman–Crippen MR) is 99.7 cm³/mol. The molecule has 0 aromatic rings. The SMILES string of the molecule is C=C1C(=O)[C@@]23[C@H](O)C[C@@H]4C(C)(C)C(=O)C=C(OC(C)=O)[C@@]4(C)[C@@H]2CC[C@@H]1[C@H]3O. The molecule has 0 aliphatic heterocycles. The third kappa shape index (κ3) is 1.98. The maximum Gasteiger partial charge on any atom is 0.307 e. The minimum Gasteiger partial charge on any atom is -0.431 e. The molecule has 0 unspecified atom stereocenters. The van der Waals surface area contributed by atoms with Crippen LogP contribution in [0, 0.1) is 34.0 Å². The summed E-state index contributed by atoms with van der Waals surface area (Å²) in [5.74, 6) is -1.86. The van der Waals surface area contributed by atoms with E-state index in [0.29, 0.717) is 18.4 Å². The van der Waals surface area contributed by atoms with Crippen LogP contribution in [-0.2, 0) is 19.1 Å². The van der Waals surface area contributed by atoms with E-state index in [9.17, 15) is 24.6 Å². The summed E-state index contributed by atoms with van der Waals surface area (Å²) in [4.78, 5) is 38.0. The summed E-state index contributed by atoms with van der Waals surface area (Å²) >= 11 is 0. The first-order valence-electron chi connectivity index (χ1n) is 9.95. The second kappa shape index (κ2) is 5.63. The normalized spacial score (nSPS) is 46.6. The first kappa shape index (κ1) is 19.5. The molecule has 4 aliphatic rings. The van der Waals surface area contributed by atoms with Crippen molar-refractivity contribution in [3.8, 4) is 0 Å². The maximum atomic E-state index is 13.3. The summed E-state index contributed by atoms with van der Waals surface area (Å²) in [6, 6.07) is 0. The van der Waals surface area contributed by atoms with Crippen molar-refractivity contribution in [1.29, 1.82) is 0 Å². The Bertz CT molecular complexity index is 838. The number of aliphatic hydroxyl groups is 2. The lowest BCUT2D eigenvalue weighted by Crippen LogP contribution is -2.68. The van der Waals surface area contributed by atoms with Gasteiger partial charge in [0.1, 0.15) is 5.76 Å². The van der Waals surface area contributed by atoms with Crippen molar-refractivity contribution in [2.45, 2.75) is 59.2 Å². The highest BCUT2D eigenvalue weighted by Crippen LogP contribution is 2.71. The minimum atomic E-state index is -1.36. The number of rotatable bonds is 1. The fourth-order valence-electron chi connectivity index (χ4n) is 6.98. The lowest BCUT2D eigenvalue weighted by Gasteiger charge is -2.63. The van der Waals surface area contributed by atoms with Crippen LogP contribution in [-0.4, -0.2) is 40.0 Å². The van der Waals surface area contributed by atoms with Crippen LogP contribution < -0.4 is 0 Å². The van der Waals surface area contributed by atoms with Gasteiger partial charge in [0, 0.05) is 29.7 Å². The molecule has 0 radical (unpaired) electrons. The molecule has 3 fully saturated rings. The number of ketones is 2. The van der Waals surface area contributed by atoms with Crippen molar-refractivity contribution in [2.24, 2.45) is 34.0 Å². The fraction of sp³-hybridized carbons (Fsp3) is 0.682. The molecule has 6 nitrogen and oxygen atoms in total. The number of allylic oxidation sites excluding steroid dienone is 2. The Kier molecular flexibility index (Phi) is 3.93. The number of hydrogen-bond donors (Lipinski definition) is 2. The number of fused-ring (bicyclic) bond motifs is 3. The van der Waals surface area contributed by atoms with E-state index in [0.717, 1.165) is 0 Å². The quantitative estimate of drug-likeness (QED) is 0.526. The summed E-state index contributed by atoms with van der Waals surface area (Å²) in [7, 11) is 0. The maximum absolute atomic E-state index is 13.3. The average molecular weight is 388 g/mol. The second-order valence-corrected chi connectivity index (χ2v) is 9.74. The Balaban J connectivity index is 1.96. The highest BCUT2D eigenvalue weighted by molar-refractivity contribution is 6.05. The fourth-order valence-corrected chi connectivity index (χ4v) is 6.98. The van der Waals surface area contributed by atoms with Crippen LogP contribution >= 0.6 is 0 Å². The van der Waals surface area contributed by atoms with Crippen molar-refractivity contribution in [3.63, 3.8) is 0 Å². The number of esters is 1. The standard InChI is InChI=1S/C22H28O6/c1-10-12-6-7-13-21(5)14(8-16(25)22(13,18(10)26)19(12)27)20(3,4)15(24)9-17(21)28-11(2)23/h9,12-14,16,19,25,27H,1,6-8H2,2-5H3/t12-,13-,14+,16+,19+,21-,22-/m0/s1. The molecular formula is C22H28O6. The second-order valence-electron chi connectivity index (χ2n) is 9.74. The number of ether oxygens (including phenoxy) is 1. The van der Waals surface area contributed by atoms with Crippen LogP contribution in [0.4, 0.5) is 0 Å². The summed E-state index contributed by atoms with van der Waals surface area (Å²) in [5.41, 5.74) is -2.61. The molecule has 4 rings (SSSR count). The number of carbonyl (C=O) groups is 3. The smallest absolute Gasteiger partial charge is 0.307 e. The van der Waals surface area contributed by atoms with Crippen molar-refractivity contribution in [2.75, 3.05) is 0 Å². The lowest BCUT2D eigenvalue weighted by molar-refractivity contribution is -0.215. The number of aliphatic hydroxyl groups excluding tert-OH is 2. The van der Waals surface area contributed by atoms with E-state index in [1.807, 2.05) is 20.8 Å². The van der Waals surface area contributed by atoms with Crippen LogP contribution in [0.3, 0.4) is 0 Å². The molecule has 0 amide bonds. The van der Waals surface area contributed by atoms with Gasteiger partial charge in [-0.15, -0.1) is 0 Å². The van der Waals surface area contributed by atoms with Gasteiger partial charge in [0.05, 0.1) is 17.6 Å². The molecule has 28 heavy (non-hydrogen) atoms. The molecule has 2 bridgehead atoms. The largest absolute Gasteiger partial charge is 0.431 e. The van der Waals surface area contributed by atoms with E-state index in [2.05, 4.69) is 6.58 Å². The van der Waals surface area contributed by atoms with Gasteiger partial charge in [0.25, 0.3) is 0 Å². The van der Waals surface area contributed by atoms with Crippen molar-refractivity contribution < 1.29 is 29.3 Å². The molecule has 6 heteroatoms. The third-order valence-electron chi connectivity index (χ3n) is 8.36.